The van der Waals surface area contributed by atoms with Gasteiger partial charge >= 0.3 is 5.97 Å². The molecule has 1 rings (SSSR count). The van der Waals surface area contributed by atoms with Crippen LogP contribution in [0.15, 0.2) is 11.6 Å². The molecular formula is C8H12O3. The molecule has 11 heavy (non-hydrogen) atoms. The van der Waals surface area contributed by atoms with E-state index >= 15 is 0 Å². The number of rotatable bonds is 1. The maximum atomic E-state index is 10.9. The van der Waals surface area contributed by atoms with Crippen molar-refractivity contribution in [3.05, 3.63) is 11.6 Å². The molecule has 0 unspecified atom stereocenters. The van der Waals surface area contributed by atoms with Crippen molar-refractivity contribution in [3.8, 4) is 0 Å². The Balaban J connectivity index is 2.50. The Morgan fingerprint density at radius 1 is 1.82 bits per heavy atom. The lowest BCUT2D eigenvalue weighted by Crippen LogP contribution is -2.28. The quantitative estimate of drug-likeness (QED) is 0.418. The largest absolute Gasteiger partial charge is 0.467 e. The monoisotopic (exact) mass is 156 g/mol. The van der Waals surface area contributed by atoms with E-state index in [2.05, 4.69) is 4.74 Å². The van der Waals surface area contributed by atoms with E-state index in [-0.39, 0.29) is 12.1 Å². The fraction of sp³-hybridized carbons (Fsp3) is 0.625. The van der Waals surface area contributed by atoms with Gasteiger partial charge in [-0.1, -0.05) is 11.6 Å². The molecule has 0 aromatic carbocycles. The molecule has 0 saturated carbocycles. The smallest absolute Gasteiger partial charge is 0.335 e. The molecule has 1 heterocycles. The molecule has 1 aliphatic heterocycles. The molecule has 3 nitrogen and oxygen atoms in total. The highest BCUT2D eigenvalue weighted by molar-refractivity contribution is 5.75. The molecule has 0 spiro atoms. The minimum absolute atomic E-state index is 0.280. The van der Waals surface area contributed by atoms with Gasteiger partial charge < -0.3 is 9.47 Å². The molecule has 1 atom stereocenters. The van der Waals surface area contributed by atoms with Crippen LogP contribution in [0.25, 0.3) is 0 Å². The highest BCUT2D eigenvalue weighted by Gasteiger charge is 2.22. The normalized spacial score (nSPS) is 24.2. The standard InChI is InChI=1S/C8H12O3/c1-6-3-4-11-7(5-6)8(9)10-2/h3,7H,4-5H2,1-2H3/t7-/m0/s1. The van der Waals surface area contributed by atoms with Gasteiger partial charge in [-0.3, -0.25) is 0 Å². The van der Waals surface area contributed by atoms with Crippen molar-refractivity contribution in [2.75, 3.05) is 13.7 Å². The van der Waals surface area contributed by atoms with Crippen LogP contribution >= 0.6 is 0 Å². The maximum Gasteiger partial charge on any atom is 0.335 e. The third kappa shape index (κ3) is 2.05. The van der Waals surface area contributed by atoms with Gasteiger partial charge in [0.2, 0.25) is 0 Å². The average molecular weight is 156 g/mol. The van der Waals surface area contributed by atoms with Crippen LogP contribution in [0, 0.1) is 0 Å². The second kappa shape index (κ2) is 3.53. The number of methoxy groups -OCH3 is 1. The van der Waals surface area contributed by atoms with E-state index in [1.807, 2.05) is 13.0 Å². The summed E-state index contributed by atoms with van der Waals surface area (Å²) < 4.78 is 9.70. The van der Waals surface area contributed by atoms with Crippen LogP contribution in [0.1, 0.15) is 13.3 Å². The summed E-state index contributed by atoms with van der Waals surface area (Å²) in [5.41, 5.74) is 1.19. The first kappa shape index (κ1) is 8.27. The van der Waals surface area contributed by atoms with Crippen LogP contribution < -0.4 is 0 Å². The van der Waals surface area contributed by atoms with E-state index in [1.54, 1.807) is 0 Å². The Hall–Kier alpha value is -0.830. The van der Waals surface area contributed by atoms with Gasteiger partial charge in [0, 0.05) is 6.42 Å². The maximum absolute atomic E-state index is 10.9. The molecule has 0 amide bonds. The summed E-state index contributed by atoms with van der Waals surface area (Å²) in [6.07, 6.45) is 2.25. The van der Waals surface area contributed by atoms with Crippen LogP contribution in [0.5, 0.6) is 0 Å². The zero-order chi connectivity index (χ0) is 8.27. The third-order valence-corrected chi connectivity index (χ3v) is 1.70. The first-order valence-electron chi connectivity index (χ1n) is 3.59. The lowest BCUT2D eigenvalue weighted by atomic mass is 10.1. The van der Waals surface area contributed by atoms with Gasteiger partial charge in [-0.05, 0) is 6.92 Å². The molecule has 1 aliphatic rings. The summed E-state index contributed by atoms with van der Waals surface area (Å²) in [5.74, 6) is -0.280. The third-order valence-electron chi connectivity index (χ3n) is 1.70. The molecule has 0 aromatic heterocycles. The van der Waals surface area contributed by atoms with Crippen molar-refractivity contribution < 1.29 is 14.3 Å². The second-order valence-electron chi connectivity index (χ2n) is 2.60. The Morgan fingerprint density at radius 2 is 2.55 bits per heavy atom. The molecule has 3 heteroatoms. The van der Waals surface area contributed by atoms with Crippen LogP contribution in [0.3, 0.4) is 0 Å². The van der Waals surface area contributed by atoms with Crippen LogP contribution in [-0.4, -0.2) is 25.8 Å². The number of carbonyl (C=O) groups excluding carboxylic acids is 1. The molecule has 0 aromatic rings. The van der Waals surface area contributed by atoms with Gasteiger partial charge in [0.15, 0.2) is 6.10 Å². The molecule has 0 saturated heterocycles. The molecule has 0 N–H and O–H groups in total. The van der Waals surface area contributed by atoms with Crippen molar-refractivity contribution in [2.45, 2.75) is 19.4 Å². The summed E-state index contributed by atoms with van der Waals surface area (Å²) in [5, 5.41) is 0. The molecule has 0 bridgehead atoms. The van der Waals surface area contributed by atoms with Crippen molar-refractivity contribution in [1.29, 1.82) is 0 Å². The summed E-state index contributed by atoms with van der Waals surface area (Å²) >= 11 is 0. The fourth-order valence-electron chi connectivity index (χ4n) is 1.02. The predicted molar refractivity (Wildman–Crippen MR) is 40.1 cm³/mol. The second-order valence-corrected chi connectivity index (χ2v) is 2.60. The van der Waals surface area contributed by atoms with Gasteiger partial charge in [0.1, 0.15) is 0 Å². The molecular weight excluding hydrogens is 144 g/mol. The van der Waals surface area contributed by atoms with Crippen LogP contribution in [0.4, 0.5) is 0 Å². The zero-order valence-corrected chi connectivity index (χ0v) is 6.79. The van der Waals surface area contributed by atoms with E-state index in [4.69, 9.17) is 4.74 Å². The Morgan fingerprint density at radius 3 is 3.09 bits per heavy atom. The number of carbonyl (C=O) groups is 1. The predicted octanol–water partition coefficient (Wildman–Crippen LogP) is 0.895. The lowest BCUT2D eigenvalue weighted by Gasteiger charge is -2.18. The van der Waals surface area contributed by atoms with E-state index in [1.165, 1.54) is 12.7 Å². The molecule has 0 radical (unpaired) electrons. The Kier molecular flexibility index (Phi) is 2.65. The van der Waals surface area contributed by atoms with Gasteiger partial charge in [0.25, 0.3) is 0 Å². The Labute approximate surface area is 66.0 Å². The summed E-state index contributed by atoms with van der Waals surface area (Å²) in [6.45, 7) is 2.50. The zero-order valence-electron chi connectivity index (χ0n) is 6.79. The summed E-state index contributed by atoms with van der Waals surface area (Å²) in [7, 11) is 1.37. The SMILES string of the molecule is COC(=O)[C@@H]1CC(C)=CCO1. The summed E-state index contributed by atoms with van der Waals surface area (Å²) in [4.78, 5) is 10.9. The number of hydrogen-bond acceptors (Lipinski definition) is 3. The van der Waals surface area contributed by atoms with E-state index in [0.29, 0.717) is 13.0 Å². The van der Waals surface area contributed by atoms with E-state index in [9.17, 15) is 4.79 Å². The minimum Gasteiger partial charge on any atom is -0.467 e. The van der Waals surface area contributed by atoms with Gasteiger partial charge in [-0.2, -0.15) is 0 Å². The number of ether oxygens (including phenoxy) is 2. The minimum atomic E-state index is -0.384. The first-order chi connectivity index (χ1) is 5.24. The molecule has 0 aliphatic carbocycles. The number of esters is 1. The van der Waals surface area contributed by atoms with Crippen LogP contribution in [0.2, 0.25) is 0 Å². The molecule has 62 valence electrons. The lowest BCUT2D eigenvalue weighted by molar-refractivity contribution is -0.153. The van der Waals surface area contributed by atoms with Gasteiger partial charge in [-0.15, -0.1) is 0 Å². The van der Waals surface area contributed by atoms with Crippen molar-refractivity contribution in [1.82, 2.24) is 0 Å². The fourth-order valence-corrected chi connectivity index (χ4v) is 1.02. The highest BCUT2D eigenvalue weighted by atomic mass is 16.6. The summed E-state index contributed by atoms with van der Waals surface area (Å²) in [6, 6.07) is 0. The van der Waals surface area contributed by atoms with Crippen molar-refractivity contribution >= 4 is 5.97 Å². The van der Waals surface area contributed by atoms with Gasteiger partial charge in [-0.25, -0.2) is 4.79 Å². The van der Waals surface area contributed by atoms with Gasteiger partial charge in [0.05, 0.1) is 13.7 Å². The molecule has 0 fully saturated rings. The van der Waals surface area contributed by atoms with Crippen molar-refractivity contribution in [3.63, 3.8) is 0 Å². The average Bonchev–Trinajstić information content (AvgIpc) is 2.03. The van der Waals surface area contributed by atoms with Crippen LogP contribution in [-0.2, 0) is 14.3 Å². The highest BCUT2D eigenvalue weighted by Crippen LogP contribution is 2.14. The van der Waals surface area contributed by atoms with Crippen molar-refractivity contribution in [2.24, 2.45) is 0 Å². The topological polar surface area (TPSA) is 35.5 Å². The Bertz CT molecular complexity index is 184. The van der Waals surface area contributed by atoms with E-state index < -0.39 is 0 Å². The first-order valence-corrected chi connectivity index (χ1v) is 3.59. The van der Waals surface area contributed by atoms with E-state index in [0.717, 1.165) is 0 Å². The number of hydrogen-bond donors (Lipinski definition) is 0.